The molecule has 0 unspecified atom stereocenters. The largest absolute Gasteiger partial charge is 0.423 e. The van der Waals surface area contributed by atoms with E-state index in [9.17, 15) is 0 Å². The highest BCUT2D eigenvalue weighted by Gasteiger charge is 2.06. The molecule has 0 saturated heterocycles. The van der Waals surface area contributed by atoms with Gasteiger partial charge in [-0.1, -0.05) is 42.5 Å². The molecule has 1 heterocycles. The Labute approximate surface area is 123 Å². The van der Waals surface area contributed by atoms with Crippen LogP contribution in [0.1, 0.15) is 22.9 Å². The van der Waals surface area contributed by atoms with Gasteiger partial charge in [0.2, 0.25) is 11.8 Å². The molecule has 2 aromatic carbocycles. The predicted molar refractivity (Wildman–Crippen MR) is 82.1 cm³/mol. The second-order valence-corrected chi connectivity index (χ2v) is 4.97. The Balaban J connectivity index is 1.60. The first-order valence-electron chi connectivity index (χ1n) is 6.95. The van der Waals surface area contributed by atoms with Gasteiger partial charge in [0.1, 0.15) is 0 Å². The van der Waals surface area contributed by atoms with Gasteiger partial charge in [-0.25, -0.2) is 0 Å². The third-order valence-corrected chi connectivity index (χ3v) is 3.17. The average Bonchev–Trinajstić information content (AvgIpc) is 2.94. The third kappa shape index (κ3) is 3.69. The highest BCUT2D eigenvalue weighted by molar-refractivity contribution is 5.45. The van der Waals surface area contributed by atoms with Gasteiger partial charge in [-0.15, -0.1) is 10.2 Å². The number of benzene rings is 2. The van der Waals surface area contributed by atoms with Crippen LogP contribution in [0, 0.1) is 6.92 Å². The van der Waals surface area contributed by atoms with Crippen LogP contribution in [0.15, 0.2) is 59.0 Å². The molecule has 0 aliphatic rings. The number of hydrogen-bond donors (Lipinski definition) is 1. The highest BCUT2D eigenvalue weighted by Crippen LogP contribution is 2.12. The molecule has 0 fully saturated rings. The fourth-order valence-electron chi connectivity index (χ4n) is 2.13. The number of hydrogen-bond acceptors (Lipinski definition) is 4. The van der Waals surface area contributed by atoms with Gasteiger partial charge in [-0.05, 0) is 30.2 Å². The molecule has 0 radical (unpaired) electrons. The smallest absolute Gasteiger partial charge is 0.235 e. The molecule has 1 aromatic heterocycles. The SMILES string of the molecule is Cc1cccc(NCc2nnc(Cc3ccccc3)o2)c1. The van der Waals surface area contributed by atoms with Crippen LogP contribution in [0.25, 0.3) is 0 Å². The van der Waals surface area contributed by atoms with E-state index < -0.39 is 0 Å². The van der Waals surface area contributed by atoms with Crippen molar-refractivity contribution in [3.8, 4) is 0 Å². The lowest BCUT2D eigenvalue weighted by atomic mass is 10.2. The predicted octanol–water partition coefficient (Wildman–Crippen LogP) is 3.58. The average molecular weight is 279 g/mol. The molecule has 4 heteroatoms. The first-order valence-corrected chi connectivity index (χ1v) is 6.95. The summed E-state index contributed by atoms with van der Waals surface area (Å²) in [5, 5.41) is 11.4. The van der Waals surface area contributed by atoms with Crippen LogP contribution >= 0.6 is 0 Å². The number of aromatic nitrogens is 2. The zero-order chi connectivity index (χ0) is 14.5. The van der Waals surface area contributed by atoms with E-state index in [4.69, 9.17) is 4.42 Å². The van der Waals surface area contributed by atoms with E-state index >= 15 is 0 Å². The fraction of sp³-hybridized carbons (Fsp3) is 0.176. The first kappa shape index (κ1) is 13.4. The van der Waals surface area contributed by atoms with Crippen LogP contribution in [0.5, 0.6) is 0 Å². The number of rotatable bonds is 5. The summed E-state index contributed by atoms with van der Waals surface area (Å²) in [5.74, 6) is 1.24. The minimum atomic E-state index is 0.533. The van der Waals surface area contributed by atoms with Crippen LogP contribution < -0.4 is 5.32 Å². The summed E-state index contributed by atoms with van der Waals surface area (Å²) in [6.45, 7) is 2.60. The van der Waals surface area contributed by atoms with Crippen molar-refractivity contribution in [1.82, 2.24) is 10.2 Å². The Morgan fingerprint density at radius 3 is 2.57 bits per heavy atom. The zero-order valence-electron chi connectivity index (χ0n) is 11.9. The molecule has 0 amide bonds. The van der Waals surface area contributed by atoms with E-state index in [-0.39, 0.29) is 0 Å². The van der Waals surface area contributed by atoms with Gasteiger partial charge in [0, 0.05) is 5.69 Å². The van der Waals surface area contributed by atoms with Crippen molar-refractivity contribution in [1.29, 1.82) is 0 Å². The number of anilines is 1. The molecule has 4 nitrogen and oxygen atoms in total. The summed E-state index contributed by atoms with van der Waals surface area (Å²) >= 11 is 0. The Bertz CT molecular complexity index is 707. The summed E-state index contributed by atoms with van der Waals surface area (Å²) in [4.78, 5) is 0. The lowest BCUT2D eigenvalue weighted by Gasteiger charge is -2.03. The molecular weight excluding hydrogens is 262 g/mol. The van der Waals surface area contributed by atoms with Crippen molar-refractivity contribution in [2.24, 2.45) is 0 Å². The fourth-order valence-corrected chi connectivity index (χ4v) is 2.13. The van der Waals surface area contributed by atoms with E-state index in [1.54, 1.807) is 0 Å². The Morgan fingerprint density at radius 1 is 0.952 bits per heavy atom. The van der Waals surface area contributed by atoms with Crippen molar-refractivity contribution in [2.75, 3.05) is 5.32 Å². The van der Waals surface area contributed by atoms with Crippen molar-refractivity contribution in [3.63, 3.8) is 0 Å². The Morgan fingerprint density at radius 2 is 1.76 bits per heavy atom. The van der Waals surface area contributed by atoms with Crippen molar-refractivity contribution in [3.05, 3.63) is 77.5 Å². The molecule has 1 N–H and O–H groups in total. The molecule has 0 atom stereocenters. The van der Waals surface area contributed by atoms with Crippen molar-refractivity contribution < 1.29 is 4.42 Å². The molecule has 0 spiro atoms. The molecule has 0 bridgehead atoms. The lowest BCUT2D eigenvalue weighted by molar-refractivity contribution is 0.464. The standard InChI is InChI=1S/C17H17N3O/c1-13-6-5-9-15(10-13)18-12-17-20-19-16(21-17)11-14-7-3-2-4-8-14/h2-10,18H,11-12H2,1H3. The molecule has 0 saturated carbocycles. The maximum atomic E-state index is 5.65. The van der Waals surface area contributed by atoms with Gasteiger partial charge in [0.05, 0.1) is 13.0 Å². The van der Waals surface area contributed by atoms with Gasteiger partial charge in [-0.3, -0.25) is 0 Å². The number of nitrogens with zero attached hydrogens (tertiary/aromatic N) is 2. The van der Waals surface area contributed by atoms with Gasteiger partial charge in [0.15, 0.2) is 0 Å². The quantitative estimate of drug-likeness (QED) is 0.775. The topological polar surface area (TPSA) is 51.0 Å². The van der Waals surface area contributed by atoms with Gasteiger partial charge in [-0.2, -0.15) is 0 Å². The molecule has 3 rings (SSSR count). The van der Waals surface area contributed by atoms with Gasteiger partial charge >= 0.3 is 0 Å². The van der Waals surface area contributed by atoms with Crippen LogP contribution in [0.2, 0.25) is 0 Å². The Kier molecular flexibility index (Phi) is 3.96. The van der Waals surface area contributed by atoms with Gasteiger partial charge in [0.25, 0.3) is 0 Å². The zero-order valence-corrected chi connectivity index (χ0v) is 11.9. The Hall–Kier alpha value is -2.62. The van der Waals surface area contributed by atoms with Crippen LogP contribution in [0.3, 0.4) is 0 Å². The molecule has 106 valence electrons. The van der Waals surface area contributed by atoms with Crippen molar-refractivity contribution >= 4 is 5.69 Å². The normalized spacial score (nSPS) is 10.5. The summed E-state index contributed by atoms with van der Waals surface area (Å²) in [5.41, 5.74) is 3.44. The summed E-state index contributed by atoms with van der Waals surface area (Å²) < 4.78 is 5.65. The van der Waals surface area contributed by atoms with Gasteiger partial charge < -0.3 is 9.73 Å². The second kappa shape index (κ2) is 6.22. The van der Waals surface area contributed by atoms with E-state index in [0.29, 0.717) is 24.7 Å². The maximum Gasteiger partial charge on any atom is 0.235 e. The van der Waals surface area contributed by atoms with Crippen LogP contribution in [-0.4, -0.2) is 10.2 Å². The molecular formula is C17H17N3O. The maximum absolute atomic E-state index is 5.65. The first-order chi connectivity index (χ1) is 10.3. The number of nitrogens with one attached hydrogen (secondary N) is 1. The van der Waals surface area contributed by atoms with Crippen molar-refractivity contribution in [2.45, 2.75) is 19.9 Å². The van der Waals surface area contributed by atoms with Crippen LogP contribution in [-0.2, 0) is 13.0 Å². The molecule has 0 aliphatic carbocycles. The number of aryl methyl sites for hydroxylation is 1. The van der Waals surface area contributed by atoms with E-state index in [0.717, 1.165) is 5.69 Å². The van der Waals surface area contributed by atoms with E-state index in [2.05, 4.69) is 46.7 Å². The third-order valence-electron chi connectivity index (χ3n) is 3.17. The van der Waals surface area contributed by atoms with Crippen LogP contribution in [0.4, 0.5) is 5.69 Å². The summed E-state index contributed by atoms with van der Waals surface area (Å²) in [6.07, 6.45) is 0.665. The minimum absolute atomic E-state index is 0.533. The summed E-state index contributed by atoms with van der Waals surface area (Å²) in [7, 11) is 0. The molecule has 21 heavy (non-hydrogen) atoms. The van der Waals surface area contributed by atoms with E-state index in [1.165, 1.54) is 11.1 Å². The second-order valence-electron chi connectivity index (χ2n) is 4.97. The molecule has 3 aromatic rings. The lowest BCUT2D eigenvalue weighted by Crippen LogP contribution is -1.99. The monoisotopic (exact) mass is 279 g/mol. The molecule has 0 aliphatic heterocycles. The summed E-state index contributed by atoms with van der Waals surface area (Å²) in [6, 6.07) is 18.3. The minimum Gasteiger partial charge on any atom is -0.423 e. The highest BCUT2D eigenvalue weighted by atomic mass is 16.4. The van der Waals surface area contributed by atoms with E-state index in [1.807, 2.05) is 30.3 Å².